The summed E-state index contributed by atoms with van der Waals surface area (Å²) >= 11 is 0. The Kier molecular flexibility index (Phi) is 2.15. The zero-order chi connectivity index (χ0) is 13.7. The Bertz CT molecular complexity index is 924. The number of ether oxygens (including phenoxy) is 1. The average Bonchev–Trinajstić information content (AvgIpc) is 2.46. The highest BCUT2D eigenvalue weighted by atomic mass is 16.5. The monoisotopic (exact) mass is 265 g/mol. The van der Waals surface area contributed by atoms with Gasteiger partial charge < -0.3 is 14.5 Å². The highest BCUT2D eigenvalue weighted by Gasteiger charge is 2.16. The number of benzene rings is 2. The second kappa shape index (κ2) is 3.87. The Morgan fingerprint density at radius 3 is 2.85 bits per heavy atom. The lowest BCUT2D eigenvalue weighted by atomic mass is 10.1. The van der Waals surface area contributed by atoms with Crippen molar-refractivity contribution in [3.8, 4) is 5.75 Å². The second-order valence-corrected chi connectivity index (χ2v) is 4.80. The maximum absolute atomic E-state index is 12.1. The first-order valence-electron chi connectivity index (χ1n) is 6.29. The van der Waals surface area contributed by atoms with Crippen LogP contribution in [0.15, 0.2) is 57.9 Å². The Balaban J connectivity index is 2.15. The molecule has 0 unspecified atom stereocenters. The van der Waals surface area contributed by atoms with Crippen molar-refractivity contribution in [2.45, 2.75) is 0 Å². The molecule has 0 bridgehead atoms. The predicted molar refractivity (Wildman–Crippen MR) is 78.2 cm³/mol. The van der Waals surface area contributed by atoms with Gasteiger partial charge in [-0.3, -0.25) is 0 Å². The molecular weight excluding hydrogens is 254 g/mol. The molecule has 4 nitrogen and oxygen atoms in total. The van der Waals surface area contributed by atoms with Crippen LogP contribution in [0.25, 0.3) is 21.7 Å². The fraction of sp³-hybridized carbons (Fsp3) is 0.0625. The first-order valence-corrected chi connectivity index (χ1v) is 6.29. The van der Waals surface area contributed by atoms with Gasteiger partial charge in [0.1, 0.15) is 17.9 Å². The van der Waals surface area contributed by atoms with E-state index in [0.29, 0.717) is 17.6 Å². The summed E-state index contributed by atoms with van der Waals surface area (Å²) in [6.45, 7) is 4.26. The number of fused-ring (bicyclic) bond motifs is 4. The van der Waals surface area contributed by atoms with E-state index < -0.39 is 0 Å². The summed E-state index contributed by atoms with van der Waals surface area (Å²) < 4.78 is 11.0. The van der Waals surface area contributed by atoms with Crippen molar-refractivity contribution in [2.24, 2.45) is 0 Å². The molecule has 0 spiro atoms. The van der Waals surface area contributed by atoms with Crippen molar-refractivity contribution in [2.75, 3.05) is 11.9 Å². The highest BCUT2D eigenvalue weighted by molar-refractivity contribution is 6.06. The molecule has 0 saturated carbocycles. The number of hydrogen-bond donors (Lipinski definition) is 1. The quantitative estimate of drug-likeness (QED) is 0.500. The van der Waals surface area contributed by atoms with E-state index in [2.05, 4.69) is 11.9 Å². The first-order chi connectivity index (χ1) is 9.72. The van der Waals surface area contributed by atoms with Crippen molar-refractivity contribution in [1.29, 1.82) is 0 Å². The molecule has 1 aliphatic rings. The number of hydrogen-bond acceptors (Lipinski definition) is 4. The number of nitrogens with one attached hydrogen (secondary N) is 1. The Morgan fingerprint density at radius 1 is 1.10 bits per heavy atom. The molecule has 20 heavy (non-hydrogen) atoms. The minimum absolute atomic E-state index is 0.348. The lowest BCUT2D eigenvalue weighted by Crippen LogP contribution is -2.15. The molecule has 1 N–H and O–H groups in total. The van der Waals surface area contributed by atoms with Gasteiger partial charge in [-0.2, -0.15) is 0 Å². The molecule has 4 heteroatoms. The fourth-order valence-corrected chi connectivity index (χ4v) is 2.51. The van der Waals surface area contributed by atoms with Crippen LogP contribution in [0.5, 0.6) is 5.75 Å². The van der Waals surface area contributed by atoms with E-state index in [4.69, 9.17) is 9.15 Å². The molecule has 1 aliphatic heterocycles. The van der Waals surface area contributed by atoms with Gasteiger partial charge in [-0.05, 0) is 18.2 Å². The van der Waals surface area contributed by atoms with Gasteiger partial charge in [0, 0.05) is 16.5 Å². The molecule has 98 valence electrons. The van der Waals surface area contributed by atoms with Gasteiger partial charge >= 0.3 is 5.63 Å². The topological polar surface area (TPSA) is 51.5 Å². The summed E-state index contributed by atoms with van der Waals surface area (Å²) in [4.78, 5) is 12.1. The lowest BCUT2D eigenvalue weighted by molar-refractivity contribution is 0.347. The number of rotatable bonds is 0. The Labute approximate surface area is 114 Å². The van der Waals surface area contributed by atoms with Crippen LogP contribution in [0, 0.1) is 0 Å². The smallest absolute Gasteiger partial charge is 0.344 e. The van der Waals surface area contributed by atoms with Crippen molar-refractivity contribution < 1.29 is 9.15 Å². The Morgan fingerprint density at radius 2 is 1.95 bits per heavy atom. The van der Waals surface area contributed by atoms with E-state index in [0.717, 1.165) is 27.9 Å². The van der Waals surface area contributed by atoms with Crippen LogP contribution in [-0.2, 0) is 0 Å². The molecule has 2 aromatic carbocycles. The van der Waals surface area contributed by atoms with Crippen LogP contribution >= 0.6 is 0 Å². The summed E-state index contributed by atoms with van der Waals surface area (Å²) in [6.07, 6.45) is 0. The van der Waals surface area contributed by atoms with Gasteiger partial charge in [0.05, 0.1) is 11.1 Å². The molecular formula is C16H11NO3. The van der Waals surface area contributed by atoms with E-state index in [9.17, 15) is 4.79 Å². The lowest BCUT2D eigenvalue weighted by Gasteiger charge is -2.21. The van der Waals surface area contributed by atoms with Crippen LogP contribution in [0.4, 0.5) is 5.69 Å². The maximum Gasteiger partial charge on any atom is 0.344 e. The molecule has 0 aliphatic carbocycles. The van der Waals surface area contributed by atoms with Crippen LogP contribution in [0.1, 0.15) is 0 Å². The molecule has 0 saturated heterocycles. The first kappa shape index (κ1) is 11.1. The molecule has 3 aromatic rings. The highest BCUT2D eigenvalue weighted by Crippen LogP contribution is 2.35. The largest absolute Gasteiger partial charge is 0.485 e. The SMILES string of the molecule is C=C1COc2cc3c(cc2N1)c(=O)oc1ccccc13. The normalized spacial score (nSPS) is 13.9. The van der Waals surface area contributed by atoms with Gasteiger partial charge in [-0.15, -0.1) is 0 Å². The maximum atomic E-state index is 12.1. The average molecular weight is 265 g/mol. The minimum atomic E-state index is -0.348. The van der Waals surface area contributed by atoms with Gasteiger partial charge in [-0.1, -0.05) is 24.8 Å². The van der Waals surface area contributed by atoms with Crippen LogP contribution in [0.2, 0.25) is 0 Å². The van der Waals surface area contributed by atoms with Crippen LogP contribution in [-0.4, -0.2) is 6.61 Å². The summed E-state index contributed by atoms with van der Waals surface area (Å²) in [5.74, 6) is 0.723. The van der Waals surface area contributed by atoms with E-state index in [1.165, 1.54) is 0 Å². The molecule has 1 aromatic heterocycles. The van der Waals surface area contributed by atoms with Gasteiger partial charge in [0.2, 0.25) is 0 Å². The summed E-state index contributed by atoms with van der Waals surface area (Å²) in [7, 11) is 0. The minimum Gasteiger partial charge on any atom is -0.485 e. The summed E-state index contributed by atoms with van der Waals surface area (Å²) in [6, 6.07) is 11.1. The zero-order valence-corrected chi connectivity index (χ0v) is 10.6. The molecule has 0 fully saturated rings. The molecule has 0 amide bonds. The van der Waals surface area contributed by atoms with E-state index >= 15 is 0 Å². The summed E-state index contributed by atoms with van der Waals surface area (Å²) in [5, 5.41) is 5.40. The fourth-order valence-electron chi connectivity index (χ4n) is 2.51. The third kappa shape index (κ3) is 1.51. The van der Waals surface area contributed by atoms with Crippen LogP contribution < -0.4 is 15.7 Å². The predicted octanol–water partition coefficient (Wildman–Crippen LogP) is 3.26. The summed E-state index contributed by atoms with van der Waals surface area (Å²) in [5.41, 5.74) is 1.75. The van der Waals surface area contributed by atoms with Gasteiger partial charge in [0.25, 0.3) is 0 Å². The zero-order valence-electron chi connectivity index (χ0n) is 10.6. The van der Waals surface area contributed by atoms with Gasteiger partial charge in [-0.25, -0.2) is 4.79 Å². The molecule has 0 atom stereocenters. The molecule has 4 rings (SSSR count). The van der Waals surface area contributed by atoms with Crippen molar-refractivity contribution in [1.82, 2.24) is 0 Å². The third-order valence-electron chi connectivity index (χ3n) is 3.43. The van der Waals surface area contributed by atoms with Crippen molar-refractivity contribution >= 4 is 27.4 Å². The van der Waals surface area contributed by atoms with Crippen molar-refractivity contribution in [3.63, 3.8) is 0 Å². The van der Waals surface area contributed by atoms with Crippen LogP contribution in [0.3, 0.4) is 0 Å². The van der Waals surface area contributed by atoms with Gasteiger partial charge in [0.15, 0.2) is 0 Å². The second-order valence-electron chi connectivity index (χ2n) is 4.80. The molecule has 2 heterocycles. The van der Waals surface area contributed by atoms with E-state index in [-0.39, 0.29) is 5.63 Å². The van der Waals surface area contributed by atoms with E-state index in [1.807, 2.05) is 24.3 Å². The number of anilines is 1. The van der Waals surface area contributed by atoms with Crippen molar-refractivity contribution in [3.05, 3.63) is 59.1 Å². The molecule has 0 radical (unpaired) electrons. The number of para-hydroxylation sites is 1. The van der Waals surface area contributed by atoms with E-state index in [1.54, 1.807) is 12.1 Å². The third-order valence-corrected chi connectivity index (χ3v) is 3.43. The standard InChI is InChI=1S/C16H11NO3/c1-9-8-19-15-7-11-10-4-2-3-5-14(10)20-16(18)12(11)6-13(15)17-9/h2-7,17H,1,8H2. The Hall–Kier alpha value is -2.75.